The minimum Gasteiger partial charge on any atom is -0.457 e. The molecule has 6 aromatic carbocycles. The quantitative estimate of drug-likeness (QED) is 0.167. The Morgan fingerprint density at radius 1 is 0.358 bits per heavy atom. The van der Waals surface area contributed by atoms with Gasteiger partial charge in [-0.25, -0.2) is 24.9 Å². The first-order valence-corrected chi connectivity index (χ1v) is 17.3. The van der Waals surface area contributed by atoms with Crippen LogP contribution in [0.2, 0.25) is 0 Å². The van der Waals surface area contributed by atoms with Gasteiger partial charge in [0.2, 0.25) is 0 Å². The number of fused-ring (bicyclic) bond motifs is 1. The van der Waals surface area contributed by atoms with Crippen molar-refractivity contribution in [1.82, 2.24) is 24.9 Å². The van der Waals surface area contributed by atoms with Crippen molar-refractivity contribution in [1.29, 1.82) is 0 Å². The summed E-state index contributed by atoms with van der Waals surface area (Å²) in [5.41, 5.74) is 10.3. The van der Waals surface area contributed by atoms with Gasteiger partial charge in [0.1, 0.15) is 11.0 Å². The maximum Gasteiger partial charge on any atom is 0.164 e. The van der Waals surface area contributed by atoms with Gasteiger partial charge >= 0.3 is 0 Å². The van der Waals surface area contributed by atoms with Gasteiger partial charge < -0.3 is 4.42 Å². The van der Waals surface area contributed by atoms with Crippen molar-refractivity contribution >= 4 is 24.1 Å². The lowest BCUT2D eigenvalue weighted by Gasteiger charge is -2.14. The van der Waals surface area contributed by atoms with Gasteiger partial charge in [0.15, 0.2) is 23.3 Å². The van der Waals surface area contributed by atoms with Gasteiger partial charge in [-0.15, -0.1) is 0 Å². The Balaban J connectivity index is 1.21. The smallest absolute Gasteiger partial charge is 0.164 e. The van der Waals surface area contributed by atoms with Gasteiger partial charge in [-0.3, -0.25) is 0 Å². The van der Waals surface area contributed by atoms with E-state index in [9.17, 15) is 0 Å². The molecule has 0 aliphatic carbocycles. The Hall–Kier alpha value is -7.31. The molecule has 6 nitrogen and oxygen atoms in total. The van der Waals surface area contributed by atoms with Crippen molar-refractivity contribution < 1.29 is 4.42 Å². The molecule has 3 heterocycles. The van der Waals surface area contributed by atoms with Crippen LogP contribution < -0.4 is 10.6 Å². The van der Waals surface area contributed by atoms with Crippen molar-refractivity contribution in [2.75, 3.05) is 0 Å². The molecule has 0 aliphatic heterocycles. The molecular weight excluding hydrogens is 651 g/mol. The van der Waals surface area contributed by atoms with E-state index in [2.05, 4.69) is 55.6 Å². The summed E-state index contributed by atoms with van der Waals surface area (Å²) in [6.07, 6.45) is 0. The fourth-order valence-corrected chi connectivity index (χ4v) is 6.49. The normalized spacial score (nSPS) is 11.2. The Kier molecular flexibility index (Phi) is 8.02. The summed E-state index contributed by atoms with van der Waals surface area (Å²) in [6, 6.07) is 54.7. The van der Waals surface area contributed by atoms with Gasteiger partial charge in [-0.1, -0.05) is 159 Å². The Labute approximate surface area is 306 Å². The summed E-state index contributed by atoms with van der Waals surface area (Å²) in [6.45, 7) is 8.37. The molecule has 0 amide bonds. The van der Waals surface area contributed by atoms with Gasteiger partial charge in [0, 0.05) is 44.0 Å². The van der Waals surface area contributed by atoms with E-state index in [4.69, 9.17) is 29.3 Å². The zero-order valence-corrected chi connectivity index (χ0v) is 28.6. The zero-order valence-electron chi connectivity index (χ0n) is 28.6. The minimum atomic E-state index is 0.536. The summed E-state index contributed by atoms with van der Waals surface area (Å²) in [7, 11) is 0. The number of rotatable bonds is 7. The summed E-state index contributed by atoms with van der Waals surface area (Å²) in [5.74, 6) is 2.46. The van der Waals surface area contributed by atoms with Crippen molar-refractivity contribution in [3.8, 4) is 79.2 Å². The van der Waals surface area contributed by atoms with Gasteiger partial charge in [0.25, 0.3) is 0 Å². The highest BCUT2D eigenvalue weighted by molar-refractivity contribution is 5.94. The number of hydrogen-bond donors (Lipinski definition) is 0. The molecule has 6 heteroatoms. The molecule has 0 aliphatic rings. The Bertz CT molecular complexity index is 2720. The Morgan fingerprint density at radius 3 is 1.28 bits per heavy atom. The summed E-state index contributed by atoms with van der Waals surface area (Å²) < 4.78 is 6.11. The Morgan fingerprint density at radius 2 is 0.774 bits per heavy atom. The summed E-state index contributed by atoms with van der Waals surface area (Å²) >= 11 is 0. The van der Waals surface area contributed by atoms with Gasteiger partial charge in [-0.05, 0) is 29.3 Å². The highest BCUT2D eigenvalue weighted by Crippen LogP contribution is 2.37. The number of benzene rings is 6. The van der Waals surface area contributed by atoms with Crippen LogP contribution in [0.3, 0.4) is 0 Å². The van der Waals surface area contributed by atoms with Crippen LogP contribution in [-0.2, 0) is 0 Å². The molecule has 0 bridgehead atoms. The zero-order chi connectivity index (χ0) is 35.7. The average molecular weight is 682 g/mol. The molecule has 0 N–H and O–H groups in total. The first kappa shape index (κ1) is 31.7. The molecule has 9 rings (SSSR count). The molecule has 0 radical (unpaired) electrons. The lowest BCUT2D eigenvalue weighted by atomic mass is 9.94. The molecule has 3 aromatic heterocycles. The second-order valence-corrected chi connectivity index (χ2v) is 12.7. The second kappa shape index (κ2) is 13.4. The van der Waals surface area contributed by atoms with Crippen LogP contribution in [0.25, 0.3) is 103 Å². The van der Waals surface area contributed by atoms with E-state index in [1.807, 2.05) is 121 Å². The van der Waals surface area contributed by atoms with E-state index in [1.54, 1.807) is 0 Å². The van der Waals surface area contributed by atoms with Gasteiger partial charge in [0.05, 0.1) is 11.4 Å². The lowest BCUT2D eigenvalue weighted by Crippen LogP contribution is -2.15. The van der Waals surface area contributed by atoms with E-state index in [1.165, 1.54) is 0 Å². The number of furan rings is 1. The third-order valence-electron chi connectivity index (χ3n) is 9.27. The van der Waals surface area contributed by atoms with E-state index in [0.717, 1.165) is 66.5 Å². The molecule has 0 atom stereocenters. The van der Waals surface area contributed by atoms with E-state index in [0.29, 0.717) is 34.3 Å². The van der Waals surface area contributed by atoms with Crippen molar-refractivity contribution in [2.24, 2.45) is 0 Å². The highest BCUT2D eigenvalue weighted by atomic mass is 16.3. The average Bonchev–Trinajstić information content (AvgIpc) is 3.52. The standard InChI is InChI=1S/C47H31N5O/c1-30-31(2)53-43-28-40(42-29-41(33-15-7-3-8-16-33)48-44(49-42)34-17-9-4-10-18-34)39(27-38(30)43)32-23-25-37(26-24-32)47-51-45(35-19-11-5-12-20-35)50-46(52-47)36-21-13-6-14-22-36/h3-29H,1-2H2. The molecule has 0 unspecified atom stereocenters. The van der Waals surface area contributed by atoms with Crippen LogP contribution in [0.4, 0.5) is 0 Å². The molecule has 9 aromatic rings. The highest BCUT2D eigenvalue weighted by Gasteiger charge is 2.18. The van der Waals surface area contributed by atoms with Gasteiger partial charge in [-0.2, -0.15) is 0 Å². The van der Waals surface area contributed by atoms with E-state index >= 15 is 0 Å². The minimum absolute atomic E-state index is 0.536. The summed E-state index contributed by atoms with van der Waals surface area (Å²) in [5, 5.41) is 1.66. The fraction of sp³-hybridized carbons (Fsp3) is 0. The van der Waals surface area contributed by atoms with Crippen LogP contribution in [0.1, 0.15) is 0 Å². The second-order valence-electron chi connectivity index (χ2n) is 12.7. The molecule has 53 heavy (non-hydrogen) atoms. The third kappa shape index (κ3) is 6.19. The number of aromatic nitrogens is 5. The third-order valence-corrected chi connectivity index (χ3v) is 9.27. The van der Waals surface area contributed by atoms with Crippen LogP contribution in [0, 0.1) is 0 Å². The molecule has 0 saturated carbocycles. The molecular formula is C47H31N5O. The number of nitrogens with zero attached hydrogens (tertiary/aromatic N) is 5. The van der Waals surface area contributed by atoms with E-state index < -0.39 is 0 Å². The lowest BCUT2D eigenvalue weighted by molar-refractivity contribution is 0.577. The summed E-state index contributed by atoms with van der Waals surface area (Å²) in [4.78, 5) is 24.9. The number of hydrogen-bond acceptors (Lipinski definition) is 6. The molecule has 250 valence electrons. The monoisotopic (exact) mass is 681 g/mol. The first-order valence-electron chi connectivity index (χ1n) is 17.3. The van der Waals surface area contributed by atoms with Crippen LogP contribution in [0.15, 0.2) is 168 Å². The van der Waals surface area contributed by atoms with Crippen molar-refractivity contribution in [2.45, 2.75) is 0 Å². The van der Waals surface area contributed by atoms with Crippen LogP contribution in [0.5, 0.6) is 0 Å². The topological polar surface area (TPSA) is 77.6 Å². The predicted molar refractivity (Wildman–Crippen MR) is 214 cm³/mol. The van der Waals surface area contributed by atoms with Crippen molar-refractivity contribution in [3.05, 3.63) is 174 Å². The van der Waals surface area contributed by atoms with Crippen LogP contribution in [-0.4, -0.2) is 24.9 Å². The largest absolute Gasteiger partial charge is 0.457 e. The fourth-order valence-electron chi connectivity index (χ4n) is 6.49. The predicted octanol–water partition coefficient (Wildman–Crippen LogP) is 9.90. The van der Waals surface area contributed by atoms with Crippen molar-refractivity contribution in [3.63, 3.8) is 0 Å². The molecule has 0 fully saturated rings. The molecule has 0 saturated heterocycles. The maximum atomic E-state index is 6.11. The maximum absolute atomic E-state index is 6.11. The van der Waals surface area contributed by atoms with Crippen LogP contribution >= 0.6 is 0 Å². The SMILES string of the molecule is C=c1oc2cc(-c3cc(-c4ccccc4)nc(-c4ccccc4)n3)c(-c3ccc(-c4nc(-c5ccccc5)nc(-c5ccccc5)n4)cc3)cc2c1=C. The van der Waals surface area contributed by atoms with E-state index in [-0.39, 0.29) is 0 Å². The molecule has 0 spiro atoms. The first-order chi connectivity index (χ1) is 26.1.